The van der Waals surface area contributed by atoms with Gasteiger partial charge in [-0.1, -0.05) is 35.3 Å². The number of aryl methyl sites for hydroxylation is 1. The average Bonchev–Trinajstić information content (AvgIpc) is 2.82. The molecule has 0 saturated carbocycles. The lowest BCUT2D eigenvalue weighted by Gasteiger charge is -2.09. The van der Waals surface area contributed by atoms with E-state index < -0.39 is 10.0 Å². The number of rotatable bonds is 5. The van der Waals surface area contributed by atoms with Gasteiger partial charge < -0.3 is 0 Å². The fourth-order valence-corrected chi connectivity index (χ4v) is 4.13. The number of benzene rings is 2. The molecule has 0 spiro atoms. The molecule has 5 nitrogen and oxygen atoms in total. The van der Waals surface area contributed by atoms with E-state index in [2.05, 4.69) is 9.82 Å². The van der Waals surface area contributed by atoms with Gasteiger partial charge in [0.1, 0.15) is 0 Å². The van der Waals surface area contributed by atoms with Crippen LogP contribution in [0.4, 0.5) is 5.69 Å². The van der Waals surface area contributed by atoms with Crippen molar-refractivity contribution in [2.45, 2.75) is 25.3 Å². The average molecular weight is 410 g/mol. The van der Waals surface area contributed by atoms with E-state index in [9.17, 15) is 8.42 Å². The summed E-state index contributed by atoms with van der Waals surface area (Å²) in [5.74, 6) is 0. The van der Waals surface area contributed by atoms with Gasteiger partial charge in [0.25, 0.3) is 10.0 Å². The Morgan fingerprint density at radius 1 is 1.04 bits per heavy atom. The molecule has 26 heavy (non-hydrogen) atoms. The van der Waals surface area contributed by atoms with Crippen LogP contribution in [0.25, 0.3) is 0 Å². The molecule has 1 N–H and O–H groups in total. The Bertz CT molecular complexity index is 1040. The molecule has 0 bridgehead atoms. The minimum absolute atomic E-state index is 0.142. The molecule has 136 valence electrons. The fourth-order valence-electron chi connectivity index (χ4n) is 2.61. The van der Waals surface area contributed by atoms with Gasteiger partial charge in [-0.3, -0.25) is 9.40 Å². The molecule has 0 aliphatic carbocycles. The van der Waals surface area contributed by atoms with Gasteiger partial charge in [0.15, 0.2) is 0 Å². The van der Waals surface area contributed by atoms with Gasteiger partial charge in [-0.25, -0.2) is 8.42 Å². The highest BCUT2D eigenvalue weighted by Gasteiger charge is 2.20. The Morgan fingerprint density at radius 3 is 2.38 bits per heavy atom. The van der Waals surface area contributed by atoms with Crippen molar-refractivity contribution in [2.24, 2.45) is 0 Å². The summed E-state index contributed by atoms with van der Waals surface area (Å²) < 4.78 is 29.6. The zero-order valence-corrected chi connectivity index (χ0v) is 16.5. The molecule has 1 aromatic heterocycles. The third-order valence-electron chi connectivity index (χ3n) is 3.96. The summed E-state index contributed by atoms with van der Waals surface area (Å²) in [7, 11) is -3.72. The number of hydrogen-bond acceptors (Lipinski definition) is 3. The Balaban J connectivity index is 1.89. The van der Waals surface area contributed by atoms with E-state index in [1.54, 1.807) is 29.8 Å². The second kappa shape index (κ2) is 7.31. The van der Waals surface area contributed by atoms with Gasteiger partial charge in [-0.2, -0.15) is 5.10 Å². The number of aromatic nitrogens is 2. The summed E-state index contributed by atoms with van der Waals surface area (Å²) >= 11 is 11.8. The highest BCUT2D eigenvalue weighted by molar-refractivity contribution is 7.92. The van der Waals surface area contributed by atoms with E-state index >= 15 is 0 Å². The quantitative estimate of drug-likeness (QED) is 0.666. The highest BCUT2D eigenvalue weighted by atomic mass is 35.5. The largest absolute Gasteiger partial charge is 0.276 e. The van der Waals surface area contributed by atoms with Gasteiger partial charge >= 0.3 is 0 Å². The van der Waals surface area contributed by atoms with E-state index in [0.717, 1.165) is 11.3 Å². The zero-order chi connectivity index (χ0) is 18.9. The first kappa shape index (κ1) is 18.8. The van der Waals surface area contributed by atoms with Crippen LogP contribution in [0.1, 0.15) is 17.0 Å². The van der Waals surface area contributed by atoms with Crippen LogP contribution in [0.2, 0.25) is 10.0 Å². The van der Waals surface area contributed by atoms with Crippen molar-refractivity contribution in [1.82, 2.24) is 9.78 Å². The second-order valence-electron chi connectivity index (χ2n) is 5.89. The molecule has 1 heterocycles. The van der Waals surface area contributed by atoms with Crippen molar-refractivity contribution in [3.8, 4) is 0 Å². The second-order valence-corrected chi connectivity index (χ2v) is 8.45. The normalized spacial score (nSPS) is 11.5. The molecule has 3 rings (SSSR count). The third-order valence-corrected chi connectivity index (χ3v) is 5.82. The number of halogens is 2. The van der Waals surface area contributed by atoms with E-state index in [4.69, 9.17) is 23.2 Å². The van der Waals surface area contributed by atoms with Gasteiger partial charge in [-0.15, -0.1) is 0 Å². The Labute approximate surface area is 162 Å². The maximum absolute atomic E-state index is 12.6. The minimum atomic E-state index is -3.72. The molecular formula is C18H17Cl2N3O2S. The third kappa shape index (κ3) is 4.03. The Kier molecular flexibility index (Phi) is 5.27. The number of anilines is 1. The molecule has 0 unspecified atom stereocenters. The summed E-state index contributed by atoms with van der Waals surface area (Å²) in [5.41, 5.74) is 2.78. The van der Waals surface area contributed by atoms with Crippen molar-refractivity contribution in [3.05, 3.63) is 75.5 Å². The van der Waals surface area contributed by atoms with E-state index in [0.29, 0.717) is 28.0 Å². The maximum atomic E-state index is 12.6. The van der Waals surface area contributed by atoms with Gasteiger partial charge in [0, 0.05) is 10.0 Å². The molecule has 0 saturated heterocycles. The van der Waals surface area contributed by atoms with Crippen LogP contribution in [0.3, 0.4) is 0 Å². The molecule has 0 radical (unpaired) electrons. The maximum Gasteiger partial charge on any atom is 0.262 e. The topological polar surface area (TPSA) is 64.0 Å². The molecular weight excluding hydrogens is 393 g/mol. The monoisotopic (exact) mass is 409 g/mol. The molecule has 0 aliphatic heterocycles. The van der Waals surface area contributed by atoms with Crippen molar-refractivity contribution in [2.75, 3.05) is 4.72 Å². The molecule has 0 aliphatic rings. The van der Waals surface area contributed by atoms with Gasteiger partial charge in [-0.05, 0) is 55.8 Å². The van der Waals surface area contributed by atoms with Crippen molar-refractivity contribution < 1.29 is 8.42 Å². The molecule has 8 heteroatoms. The van der Waals surface area contributed by atoms with Crippen LogP contribution in [0.15, 0.2) is 53.4 Å². The summed E-state index contributed by atoms with van der Waals surface area (Å²) in [6.07, 6.45) is 0. The van der Waals surface area contributed by atoms with Crippen LogP contribution in [0.5, 0.6) is 0 Å². The van der Waals surface area contributed by atoms with Gasteiger partial charge in [0.2, 0.25) is 0 Å². The first-order valence-electron chi connectivity index (χ1n) is 7.83. The molecule has 2 aromatic carbocycles. The summed E-state index contributed by atoms with van der Waals surface area (Å²) in [4.78, 5) is 0.142. The lowest BCUT2D eigenvalue weighted by atomic mass is 10.2. The lowest BCUT2D eigenvalue weighted by molar-refractivity contribution is 0.601. The molecule has 0 amide bonds. The van der Waals surface area contributed by atoms with E-state index in [1.807, 2.05) is 25.1 Å². The number of nitrogens with one attached hydrogen (secondary N) is 1. The Hall–Kier alpha value is -2.02. The van der Waals surface area contributed by atoms with Crippen LogP contribution in [-0.2, 0) is 16.6 Å². The van der Waals surface area contributed by atoms with Crippen molar-refractivity contribution >= 4 is 38.9 Å². The number of sulfonamides is 1. The lowest BCUT2D eigenvalue weighted by Crippen LogP contribution is -2.14. The Morgan fingerprint density at radius 2 is 1.73 bits per heavy atom. The van der Waals surface area contributed by atoms with Crippen LogP contribution in [0, 0.1) is 13.8 Å². The van der Waals surface area contributed by atoms with E-state index in [-0.39, 0.29) is 4.90 Å². The number of nitrogens with zero attached hydrogens (tertiary/aromatic N) is 2. The summed E-state index contributed by atoms with van der Waals surface area (Å²) in [5, 5.41) is 5.58. The zero-order valence-electron chi connectivity index (χ0n) is 14.2. The van der Waals surface area contributed by atoms with Gasteiger partial charge in [0.05, 0.1) is 28.5 Å². The SMILES string of the molecule is Cc1nn(Cc2cccc(Cl)c2)c(C)c1NS(=O)(=O)c1ccc(Cl)cc1. The summed E-state index contributed by atoms with van der Waals surface area (Å²) in [6, 6.07) is 13.5. The van der Waals surface area contributed by atoms with Crippen molar-refractivity contribution in [3.63, 3.8) is 0 Å². The molecule has 0 fully saturated rings. The molecule has 3 aromatic rings. The number of hydrogen-bond donors (Lipinski definition) is 1. The predicted octanol–water partition coefficient (Wildman–Crippen LogP) is 4.66. The van der Waals surface area contributed by atoms with Crippen LogP contribution >= 0.6 is 23.2 Å². The first-order chi connectivity index (χ1) is 12.3. The minimum Gasteiger partial charge on any atom is -0.276 e. The first-order valence-corrected chi connectivity index (χ1v) is 10.1. The highest BCUT2D eigenvalue weighted by Crippen LogP contribution is 2.25. The van der Waals surface area contributed by atoms with Crippen LogP contribution in [-0.4, -0.2) is 18.2 Å². The molecule has 0 atom stereocenters. The van der Waals surface area contributed by atoms with Crippen molar-refractivity contribution in [1.29, 1.82) is 0 Å². The van der Waals surface area contributed by atoms with E-state index in [1.165, 1.54) is 12.1 Å². The van der Waals surface area contributed by atoms with Crippen LogP contribution < -0.4 is 4.72 Å². The smallest absolute Gasteiger partial charge is 0.262 e. The summed E-state index contributed by atoms with van der Waals surface area (Å²) in [6.45, 7) is 4.08. The fraction of sp³-hybridized carbons (Fsp3) is 0.167. The predicted molar refractivity (Wildman–Crippen MR) is 105 cm³/mol. The standard InChI is InChI=1S/C18H17Cl2N3O2S/c1-12-18(22-26(24,25)17-8-6-15(19)7-9-17)13(2)23(21-12)11-14-4-3-5-16(20)10-14/h3-10,22H,11H2,1-2H3.